The second kappa shape index (κ2) is 16.1. The second-order valence-electron chi connectivity index (χ2n) is 20.4. The van der Waals surface area contributed by atoms with Crippen LogP contribution in [0.2, 0.25) is 0 Å². The highest BCUT2D eigenvalue weighted by Crippen LogP contribution is 2.67. The number of nitrogens with zero attached hydrogens (tertiary/aromatic N) is 2. The van der Waals surface area contributed by atoms with Gasteiger partial charge in [-0.05, 0) is 136 Å². The SMILES string of the molecule is C[C@]12CC/C(=N\OCCN)C(OC(=O)/C=C/C(=O)OC3/C(=N/OCCN)CC[C@@]4(C)C3CC[C@@H]3[C@H]4CC[C@]4(C)C(=O)CC[C@@H]34)C1CC[C@@H]1[C@H]2CC[C@]2(C)C(=O)CC[C@@H]12. The highest BCUT2D eigenvalue weighted by atomic mass is 16.6. The van der Waals surface area contributed by atoms with Gasteiger partial charge in [0.2, 0.25) is 0 Å². The maximum absolute atomic E-state index is 13.7. The van der Waals surface area contributed by atoms with E-state index in [9.17, 15) is 19.2 Å². The lowest BCUT2D eigenvalue weighted by Crippen LogP contribution is -2.58. The first-order valence-electron chi connectivity index (χ1n) is 22.7. The lowest BCUT2D eigenvalue weighted by molar-refractivity contribution is -0.160. The largest absolute Gasteiger partial charge is 0.453 e. The van der Waals surface area contributed by atoms with E-state index in [0.29, 0.717) is 97.3 Å². The van der Waals surface area contributed by atoms with Crippen molar-refractivity contribution in [1.82, 2.24) is 0 Å². The fourth-order valence-corrected chi connectivity index (χ4v) is 15.1. The van der Waals surface area contributed by atoms with Gasteiger partial charge in [0.05, 0.1) is 11.4 Å². The Hall–Kier alpha value is -3.12. The van der Waals surface area contributed by atoms with E-state index in [2.05, 4.69) is 38.0 Å². The van der Waals surface area contributed by atoms with Gasteiger partial charge in [0, 0.05) is 60.7 Å². The molecular formula is C46H68N4O8. The lowest BCUT2D eigenvalue weighted by Gasteiger charge is -2.60. The molecule has 4 unspecified atom stereocenters. The number of carbonyl (C=O) groups excluding carboxylic acids is 4. The molecule has 4 N–H and O–H groups in total. The Morgan fingerprint density at radius 3 is 1.38 bits per heavy atom. The Balaban J connectivity index is 0.979. The van der Waals surface area contributed by atoms with E-state index in [0.717, 1.165) is 77.0 Å². The number of ketones is 2. The van der Waals surface area contributed by atoms with Gasteiger partial charge in [-0.3, -0.25) is 9.59 Å². The van der Waals surface area contributed by atoms with Crippen molar-refractivity contribution in [3.05, 3.63) is 12.2 Å². The van der Waals surface area contributed by atoms with Gasteiger partial charge in [0.25, 0.3) is 0 Å². The normalized spacial score (nSPS) is 45.8. The third-order valence-electron chi connectivity index (χ3n) is 18.2. The summed E-state index contributed by atoms with van der Waals surface area (Å²) < 4.78 is 12.6. The molecule has 0 aliphatic heterocycles. The first kappa shape index (κ1) is 41.6. The Kier molecular flexibility index (Phi) is 11.5. The first-order chi connectivity index (χ1) is 27.8. The Morgan fingerprint density at radius 2 is 0.983 bits per heavy atom. The number of fused-ring (bicyclic) bond motifs is 10. The number of ether oxygens (including phenoxy) is 2. The van der Waals surface area contributed by atoms with Crippen molar-refractivity contribution in [1.29, 1.82) is 0 Å². The van der Waals surface area contributed by atoms with Crippen LogP contribution in [0.25, 0.3) is 0 Å². The van der Waals surface area contributed by atoms with Crippen LogP contribution in [0.4, 0.5) is 0 Å². The summed E-state index contributed by atoms with van der Waals surface area (Å²) in [4.78, 5) is 64.7. The lowest BCUT2D eigenvalue weighted by atomic mass is 9.45. The Labute approximate surface area is 344 Å². The molecule has 0 spiro atoms. The number of Topliss-reactive ketones (excluding diaryl/α,β-unsaturated/α-hetero) is 2. The summed E-state index contributed by atoms with van der Waals surface area (Å²) in [6.07, 6.45) is 15.2. The number of nitrogens with two attached hydrogens (primary N) is 2. The molecule has 8 rings (SSSR count). The number of hydrogen-bond acceptors (Lipinski definition) is 12. The molecule has 8 saturated carbocycles. The summed E-state index contributed by atoms with van der Waals surface area (Å²) in [5, 5.41) is 8.93. The van der Waals surface area contributed by atoms with Crippen molar-refractivity contribution >= 4 is 34.9 Å². The third kappa shape index (κ3) is 6.88. The molecule has 320 valence electrons. The van der Waals surface area contributed by atoms with Crippen molar-refractivity contribution in [2.45, 2.75) is 143 Å². The minimum atomic E-state index is -0.622. The van der Waals surface area contributed by atoms with Gasteiger partial charge < -0.3 is 30.6 Å². The molecule has 58 heavy (non-hydrogen) atoms. The van der Waals surface area contributed by atoms with Crippen LogP contribution in [0.3, 0.4) is 0 Å². The molecular weight excluding hydrogens is 737 g/mol. The topological polar surface area (TPSA) is 182 Å². The van der Waals surface area contributed by atoms with Crippen LogP contribution in [0, 0.1) is 69.0 Å². The van der Waals surface area contributed by atoms with Gasteiger partial charge in [-0.1, -0.05) is 38.0 Å². The van der Waals surface area contributed by atoms with Crippen LogP contribution in [0.1, 0.15) is 130 Å². The molecule has 12 nitrogen and oxygen atoms in total. The molecule has 8 aliphatic carbocycles. The molecule has 0 amide bonds. The van der Waals surface area contributed by atoms with Crippen LogP contribution in [0.15, 0.2) is 22.5 Å². The number of rotatable bonds is 10. The molecule has 8 aliphatic rings. The molecule has 12 heteroatoms. The van der Waals surface area contributed by atoms with Gasteiger partial charge in [-0.25, -0.2) is 9.59 Å². The molecule has 0 aromatic heterocycles. The van der Waals surface area contributed by atoms with Gasteiger partial charge in [0.15, 0.2) is 0 Å². The zero-order chi connectivity index (χ0) is 41.0. The van der Waals surface area contributed by atoms with Crippen molar-refractivity contribution in [2.24, 2.45) is 90.8 Å². The van der Waals surface area contributed by atoms with E-state index in [-0.39, 0.29) is 46.7 Å². The highest BCUT2D eigenvalue weighted by Gasteiger charge is 2.64. The third-order valence-corrected chi connectivity index (χ3v) is 18.2. The predicted molar refractivity (Wildman–Crippen MR) is 218 cm³/mol. The fraction of sp³-hybridized carbons (Fsp3) is 0.826. The summed E-state index contributed by atoms with van der Waals surface area (Å²) in [5.74, 6) is 2.38. The van der Waals surface area contributed by atoms with Crippen molar-refractivity contribution < 1.29 is 38.3 Å². The zero-order valence-electron chi connectivity index (χ0n) is 35.4. The van der Waals surface area contributed by atoms with Crippen LogP contribution in [0.5, 0.6) is 0 Å². The van der Waals surface area contributed by atoms with E-state index in [1.807, 2.05) is 0 Å². The number of carbonyl (C=O) groups is 4. The number of esters is 2. The van der Waals surface area contributed by atoms with E-state index in [1.54, 1.807) is 0 Å². The van der Waals surface area contributed by atoms with Crippen LogP contribution < -0.4 is 11.5 Å². The maximum Gasteiger partial charge on any atom is 0.331 e. The summed E-state index contributed by atoms with van der Waals surface area (Å²) in [7, 11) is 0. The Bertz CT molecular complexity index is 1610. The molecule has 0 aromatic rings. The number of oxime groups is 2. The quantitative estimate of drug-likeness (QED) is 0.107. The van der Waals surface area contributed by atoms with Gasteiger partial charge in [-0.15, -0.1) is 0 Å². The minimum absolute atomic E-state index is 0.0378. The van der Waals surface area contributed by atoms with Crippen LogP contribution in [-0.4, -0.2) is 73.4 Å². The smallest absolute Gasteiger partial charge is 0.331 e. The molecule has 0 bridgehead atoms. The average Bonchev–Trinajstić information content (AvgIpc) is 3.68. The molecule has 14 atom stereocenters. The van der Waals surface area contributed by atoms with E-state index in [4.69, 9.17) is 30.6 Å². The first-order valence-corrected chi connectivity index (χ1v) is 22.7. The van der Waals surface area contributed by atoms with Gasteiger partial charge in [0.1, 0.15) is 37.0 Å². The average molecular weight is 805 g/mol. The predicted octanol–water partition coefficient (Wildman–Crippen LogP) is 6.47. The fourth-order valence-electron chi connectivity index (χ4n) is 15.1. The molecule has 0 aromatic carbocycles. The van der Waals surface area contributed by atoms with E-state index < -0.39 is 24.1 Å². The molecule has 0 radical (unpaired) electrons. The molecule has 8 fully saturated rings. The highest BCUT2D eigenvalue weighted by molar-refractivity contribution is 5.97. The second-order valence-corrected chi connectivity index (χ2v) is 20.4. The minimum Gasteiger partial charge on any atom is -0.453 e. The molecule has 0 saturated heterocycles. The van der Waals surface area contributed by atoms with Crippen molar-refractivity contribution in [2.75, 3.05) is 26.3 Å². The summed E-state index contributed by atoms with van der Waals surface area (Å²) in [6.45, 7) is 10.3. The number of hydrogen-bond donors (Lipinski definition) is 2. The van der Waals surface area contributed by atoms with Crippen molar-refractivity contribution in [3.63, 3.8) is 0 Å². The van der Waals surface area contributed by atoms with E-state index in [1.165, 1.54) is 12.2 Å². The monoisotopic (exact) mass is 805 g/mol. The summed E-state index contributed by atoms with van der Waals surface area (Å²) >= 11 is 0. The zero-order valence-corrected chi connectivity index (χ0v) is 35.4. The molecule has 0 heterocycles. The summed E-state index contributed by atoms with van der Waals surface area (Å²) in [6, 6.07) is 0. The van der Waals surface area contributed by atoms with E-state index >= 15 is 0 Å². The van der Waals surface area contributed by atoms with Crippen molar-refractivity contribution in [3.8, 4) is 0 Å². The Morgan fingerprint density at radius 1 is 0.569 bits per heavy atom. The maximum atomic E-state index is 13.7. The van der Waals surface area contributed by atoms with Crippen LogP contribution >= 0.6 is 0 Å². The standard InChI is InChI=1S/C46H68N4O8/c1-43-21-17-35(49-55-25-23-47)41(33(43)7-5-27-29-9-11-37(51)45(29,3)19-15-31(27)43)57-39(53)13-14-40(54)58-42-34-8-6-28-30-10-12-38(52)46(30,4)20-16-32(28)44(34,2)22-18-36(42)50-56-26-24-48/h13-14,27-34,41-42H,5-12,15-26,47-48H2,1-4H3/b14-13+,49-35+,50-36+/t27-,28-,29-,30-,31+,32+,33?,34?,41?,42?,43+,44+,45-,46-/m0/s1. The van der Waals surface area contributed by atoms with Crippen LogP contribution in [-0.2, 0) is 38.3 Å². The summed E-state index contributed by atoms with van der Waals surface area (Å²) in [5.41, 5.74) is 12.2. The van der Waals surface area contributed by atoms with Gasteiger partial charge >= 0.3 is 11.9 Å². The van der Waals surface area contributed by atoms with Gasteiger partial charge in [-0.2, -0.15) is 0 Å².